The van der Waals surface area contributed by atoms with Crippen molar-refractivity contribution >= 4 is 5.97 Å². The van der Waals surface area contributed by atoms with Crippen LogP contribution in [-0.2, 0) is 4.79 Å². The van der Waals surface area contributed by atoms with Crippen LogP contribution in [0.5, 0.6) is 0 Å². The molecule has 1 fully saturated rings. The van der Waals surface area contributed by atoms with Crippen LogP contribution < -0.4 is 0 Å². The van der Waals surface area contributed by atoms with Gasteiger partial charge in [-0.1, -0.05) is 0 Å². The Morgan fingerprint density at radius 1 is 1.55 bits per heavy atom. The molecule has 1 atom stereocenters. The summed E-state index contributed by atoms with van der Waals surface area (Å²) in [7, 11) is 1.63. The molecule has 4 heteroatoms. The van der Waals surface area contributed by atoms with Gasteiger partial charge in [0, 0.05) is 13.0 Å². The van der Waals surface area contributed by atoms with Gasteiger partial charge >= 0.3 is 5.97 Å². The zero-order valence-electron chi connectivity index (χ0n) is 6.58. The summed E-state index contributed by atoms with van der Waals surface area (Å²) in [5.41, 5.74) is -1.61. The first kappa shape index (κ1) is 8.49. The summed E-state index contributed by atoms with van der Waals surface area (Å²) in [6.07, 6.45) is 2.08. The number of likely N-dealkylation sites (tertiary alicyclic amines) is 1. The Labute approximate surface area is 65.4 Å². The molecule has 1 unspecified atom stereocenters. The topological polar surface area (TPSA) is 60.8 Å². The Morgan fingerprint density at radius 3 is 2.55 bits per heavy atom. The molecule has 1 saturated heterocycles. The number of carbonyl (C=O) groups is 1. The van der Waals surface area contributed by atoms with Crippen LogP contribution in [0.25, 0.3) is 0 Å². The standard InChI is InChI=1S/C7H13NO3/c1-8-5-3-2-4-7(8,11)6(9)10/h11H,2-5H2,1H3,(H,9,10). The second-order valence-corrected chi connectivity index (χ2v) is 3.00. The molecular formula is C7H13NO3. The van der Waals surface area contributed by atoms with Crippen molar-refractivity contribution < 1.29 is 15.0 Å². The van der Waals surface area contributed by atoms with Crippen LogP contribution in [0.4, 0.5) is 0 Å². The van der Waals surface area contributed by atoms with Gasteiger partial charge in [0.2, 0.25) is 5.72 Å². The molecule has 0 radical (unpaired) electrons. The number of likely N-dealkylation sites (N-methyl/N-ethyl adjacent to an activating group) is 1. The lowest BCUT2D eigenvalue weighted by atomic mass is 9.99. The number of rotatable bonds is 1. The van der Waals surface area contributed by atoms with Gasteiger partial charge < -0.3 is 10.2 Å². The predicted octanol–water partition coefficient (Wildman–Crippen LogP) is -0.125. The maximum absolute atomic E-state index is 10.6. The molecule has 0 aromatic heterocycles. The molecule has 0 saturated carbocycles. The molecule has 1 aliphatic rings. The van der Waals surface area contributed by atoms with Gasteiger partial charge in [0.1, 0.15) is 0 Å². The number of piperidine rings is 1. The number of nitrogens with zero attached hydrogens (tertiary/aromatic N) is 1. The van der Waals surface area contributed by atoms with Crippen molar-refractivity contribution in [2.75, 3.05) is 13.6 Å². The summed E-state index contributed by atoms with van der Waals surface area (Å²) in [5, 5.41) is 18.2. The molecule has 0 bridgehead atoms. The number of carboxylic acids is 1. The van der Waals surface area contributed by atoms with Crippen molar-refractivity contribution in [2.45, 2.75) is 25.0 Å². The first-order valence-electron chi connectivity index (χ1n) is 3.74. The molecule has 0 aliphatic carbocycles. The number of aliphatic carboxylic acids is 1. The van der Waals surface area contributed by atoms with Crippen molar-refractivity contribution in [1.29, 1.82) is 0 Å². The number of carboxylic acid groups (broad SMARTS) is 1. The van der Waals surface area contributed by atoms with E-state index in [-0.39, 0.29) is 0 Å². The highest BCUT2D eigenvalue weighted by molar-refractivity contribution is 5.76. The SMILES string of the molecule is CN1CCCCC1(O)C(=O)O. The fraction of sp³-hybridized carbons (Fsp3) is 0.857. The Kier molecular flexibility index (Phi) is 2.15. The smallest absolute Gasteiger partial charge is 0.351 e. The molecule has 64 valence electrons. The summed E-state index contributed by atoms with van der Waals surface area (Å²) in [5.74, 6) is -1.14. The minimum absolute atomic E-state index is 0.332. The van der Waals surface area contributed by atoms with Gasteiger partial charge in [0.25, 0.3) is 0 Å². The molecule has 4 nitrogen and oxygen atoms in total. The number of aliphatic hydroxyl groups is 1. The van der Waals surface area contributed by atoms with Gasteiger partial charge in [0.15, 0.2) is 0 Å². The monoisotopic (exact) mass is 159 g/mol. The van der Waals surface area contributed by atoms with Crippen LogP contribution in [0.1, 0.15) is 19.3 Å². The van der Waals surface area contributed by atoms with Crippen LogP contribution in [0.2, 0.25) is 0 Å². The van der Waals surface area contributed by atoms with E-state index in [0.29, 0.717) is 13.0 Å². The fourth-order valence-electron chi connectivity index (χ4n) is 1.37. The molecule has 0 aromatic rings. The van der Waals surface area contributed by atoms with Crippen molar-refractivity contribution in [3.63, 3.8) is 0 Å². The van der Waals surface area contributed by atoms with E-state index < -0.39 is 11.7 Å². The van der Waals surface area contributed by atoms with Gasteiger partial charge in [-0.15, -0.1) is 0 Å². The lowest BCUT2D eigenvalue weighted by Crippen LogP contribution is -2.55. The van der Waals surface area contributed by atoms with Gasteiger partial charge in [-0.05, 0) is 19.9 Å². The Morgan fingerprint density at radius 2 is 2.18 bits per heavy atom. The fourth-order valence-corrected chi connectivity index (χ4v) is 1.37. The molecule has 1 aliphatic heterocycles. The molecule has 0 spiro atoms. The summed E-state index contributed by atoms with van der Waals surface area (Å²) in [6, 6.07) is 0. The first-order chi connectivity index (χ1) is 5.07. The van der Waals surface area contributed by atoms with Crippen molar-refractivity contribution in [3.8, 4) is 0 Å². The zero-order valence-corrected chi connectivity index (χ0v) is 6.58. The van der Waals surface area contributed by atoms with Crippen molar-refractivity contribution in [1.82, 2.24) is 4.90 Å². The number of hydrogen-bond donors (Lipinski definition) is 2. The molecular weight excluding hydrogens is 146 g/mol. The van der Waals surface area contributed by atoms with Gasteiger partial charge in [0.05, 0.1) is 0 Å². The number of hydrogen-bond acceptors (Lipinski definition) is 3. The van der Waals surface area contributed by atoms with Crippen LogP contribution in [0.3, 0.4) is 0 Å². The molecule has 2 N–H and O–H groups in total. The van der Waals surface area contributed by atoms with E-state index in [1.807, 2.05) is 0 Å². The van der Waals surface area contributed by atoms with Gasteiger partial charge in [-0.2, -0.15) is 0 Å². The minimum atomic E-state index is -1.61. The highest BCUT2D eigenvalue weighted by atomic mass is 16.4. The average Bonchev–Trinajstić information content (AvgIpc) is 1.95. The van der Waals surface area contributed by atoms with Gasteiger partial charge in [-0.3, -0.25) is 4.90 Å². The van der Waals surface area contributed by atoms with Gasteiger partial charge in [-0.25, -0.2) is 4.79 Å². The maximum atomic E-state index is 10.6. The summed E-state index contributed by atoms with van der Waals surface area (Å²) in [6.45, 7) is 0.656. The predicted molar refractivity (Wildman–Crippen MR) is 39.1 cm³/mol. The van der Waals surface area contributed by atoms with E-state index in [2.05, 4.69) is 0 Å². The van der Waals surface area contributed by atoms with Crippen molar-refractivity contribution in [2.24, 2.45) is 0 Å². The molecule has 1 heterocycles. The third-order valence-corrected chi connectivity index (χ3v) is 2.24. The quantitative estimate of drug-likeness (QED) is 0.559. The maximum Gasteiger partial charge on any atom is 0.351 e. The average molecular weight is 159 g/mol. The van der Waals surface area contributed by atoms with E-state index >= 15 is 0 Å². The second kappa shape index (κ2) is 2.79. The summed E-state index contributed by atoms with van der Waals surface area (Å²) in [4.78, 5) is 12.1. The summed E-state index contributed by atoms with van der Waals surface area (Å²) < 4.78 is 0. The molecule has 0 amide bonds. The largest absolute Gasteiger partial charge is 0.478 e. The Bertz CT molecular complexity index is 171. The van der Waals surface area contributed by atoms with E-state index in [1.165, 1.54) is 4.90 Å². The second-order valence-electron chi connectivity index (χ2n) is 3.00. The summed E-state index contributed by atoms with van der Waals surface area (Å²) >= 11 is 0. The lowest BCUT2D eigenvalue weighted by molar-refractivity contribution is -0.186. The molecule has 1 rings (SSSR count). The van der Waals surface area contributed by atoms with E-state index in [0.717, 1.165) is 12.8 Å². The zero-order chi connectivity index (χ0) is 8.48. The third kappa shape index (κ3) is 1.36. The van der Waals surface area contributed by atoms with Crippen molar-refractivity contribution in [3.05, 3.63) is 0 Å². The van der Waals surface area contributed by atoms with E-state index in [4.69, 9.17) is 5.11 Å². The lowest BCUT2D eigenvalue weighted by Gasteiger charge is -2.36. The van der Waals surface area contributed by atoms with Crippen LogP contribution in [0, 0.1) is 0 Å². The van der Waals surface area contributed by atoms with Crippen LogP contribution >= 0.6 is 0 Å². The van der Waals surface area contributed by atoms with Crippen LogP contribution in [0.15, 0.2) is 0 Å². The first-order valence-corrected chi connectivity index (χ1v) is 3.74. The normalized spacial score (nSPS) is 33.6. The van der Waals surface area contributed by atoms with E-state index in [1.54, 1.807) is 7.05 Å². The minimum Gasteiger partial charge on any atom is -0.478 e. The highest BCUT2D eigenvalue weighted by Gasteiger charge is 2.41. The highest BCUT2D eigenvalue weighted by Crippen LogP contribution is 2.23. The van der Waals surface area contributed by atoms with E-state index in [9.17, 15) is 9.90 Å². The van der Waals surface area contributed by atoms with Crippen LogP contribution in [-0.4, -0.2) is 40.4 Å². The Balaban J connectivity index is 2.72. The Hall–Kier alpha value is -0.610. The molecule has 11 heavy (non-hydrogen) atoms. The third-order valence-electron chi connectivity index (χ3n) is 2.24. The molecule has 0 aromatic carbocycles.